The molecular weight excluding hydrogens is 202 g/mol. The highest BCUT2D eigenvalue weighted by Crippen LogP contribution is 2.24. The first-order valence-corrected chi connectivity index (χ1v) is 6.63. The molecular formula is C13H25NO2. The van der Waals surface area contributed by atoms with Crippen LogP contribution in [0.4, 0.5) is 0 Å². The zero-order valence-corrected chi connectivity index (χ0v) is 10.6. The summed E-state index contributed by atoms with van der Waals surface area (Å²) in [6.07, 6.45) is 7.26. The van der Waals surface area contributed by atoms with E-state index in [0.29, 0.717) is 0 Å². The average molecular weight is 227 g/mol. The van der Waals surface area contributed by atoms with E-state index in [1.165, 1.54) is 32.1 Å². The smallest absolute Gasteiger partial charge is 0.308 e. The fourth-order valence-corrected chi connectivity index (χ4v) is 2.57. The zero-order chi connectivity index (χ0) is 12.0. The fraction of sp³-hybridized carbons (Fsp3) is 0.923. The van der Waals surface area contributed by atoms with Gasteiger partial charge in [0, 0.05) is 6.04 Å². The molecule has 0 radical (unpaired) electrons. The number of hydrogen-bond donors (Lipinski definition) is 1. The molecule has 16 heavy (non-hydrogen) atoms. The number of aliphatic carboxylic acids is 1. The number of rotatable bonds is 7. The summed E-state index contributed by atoms with van der Waals surface area (Å²) in [7, 11) is 0. The van der Waals surface area contributed by atoms with E-state index in [2.05, 4.69) is 18.7 Å². The van der Waals surface area contributed by atoms with E-state index in [-0.39, 0.29) is 12.0 Å². The predicted molar refractivity (Wildman–Crippen MR) is 65.5 cm³/mol. The maximum absolute atomic E-state index is 10.9. The van der Waals surface area contributed by atoms with E-state index in [9.17, 15) is 4.79 Å². The molecule has 0 amide bonds. The number of carboxylic acid groups (broad SMARTS) is 1. The third-order valence-electron chi connectivity index (χ3n) is 3.75. The molecule has 2 atom stereocenters. The molecule has 1 heterocycles. The van der Waals surface area contributed by atoms with Gasteiger partial charge in [-0.2, -0.15) is 0 Å². The van der Waals surface area contributed by atoms with Gasteiger partial charge in [-0.3, -0.25) is 9.69 Å². The molecule has 1 fully saturated rings. The van der Waals surface area contributed by atoms with Crippen LogP contribution in [0.2, 0.25) is 0 Å². The van der Waals surface area contributed by atoms with Crippen LogP contribution in [-0.2, 0) is 4.79 Å². The first-order valence-electron chi connectivity index (χ1n) is 6.63. The molecule has 1 saturated heterocycles. The van der Waals surface area contributed by atoms with Gasteiger partial charge >= 0.3 is 5.97 Å². The quantitative estimate of drug-likeness (QED) is 0.680. The second-order valence-electron chi connectivity index (χ2n) is 4.92. The molecule has 1 rings (SSSR count). The Morgan fingerprint density at radius 2 is 2.00 bits per heavy atom. The Kier molecular flexibility index (Phi) is 5.81. The van der Waals surface area contributed by atoms with E-state index in [4.69, 9.17) is 5.11 Å². The third-order valence-corrected chi connectivity index (χ3v) is 3.75. The van der Waals surface area contributed by atoms with E-state index < -0.39 is 5.97 Å². The summed E-state index contributed by atoms with van der Waals surface area (Å²) in [6.45, 7) is 6.32. The van der Waals surface area contributed by atoms with Crippen molar-refractivity contribution in [2.45, 2.75) is 58.4 Å². The monoisotopic (exact) mass is 227 g/mol. The van der Waals surface area contributed by atoms with Gasteiger partial charge in [-0.25, -0.2) is 0 Å². The number of likely N-dealkylation sites (tertiary alicyclic amines) is 1. The summed E-state index contributed by atoms with van der Waals surface area (Å²) in [6, 6.07) is 0.226. The lowest BCUT2D eigenvalue weighted by molar-refractivity contribution is -0.142. The number of hydrogen-bond acceptors (Lipinski definition) is 2. The van der Waals surface area contributed by atoms with Gasteiger partial charge in [0.05, 0.1) is 5.92 Å². The Bertz CT molecular complexity index is 218. The van der Waals surface area contributed by atoms with Crippen molar-refractivity contribution in [1.82, 2.24) is 4.90 Å². The SMILES string of the molecule is CCCCCCCN1CCC(C(=O)O)C1C. The van der Waals surface area contributed by atoms with Gasteiger partial charge in [0.25, 0.3) is 0 Å². The summed E-state index contributed by atoms with van der Waals surface area (Å²) in [5.41, 5.74) is 0. The van der Waals surface area contributed by atoms with Crippen molar-refractivity contribution in [2.75, 3.05) is 13.1 Å². The minimum absolute atomic E-state index is 0.143. The average Bonchev–Trinajstić information content (AvgIpc) is 2.60. The molecule has 3 nitrogen and oxygen atoms in total. The van der Waals surface area contributed by atoms with Crippen molar-refractivity contribution in [3.8, 4) is 0 Å². The van der Waals surface area contributed by atoms with Gasteiger partial charge in [-0.15, -0.1) is 0 Å². The molecule has 94 valence electrons. The Balaban J connectivity index is 2.16. The Morgan fingerprint density at radius 1 is 1.31 bits per heavy atom. The van der Waals surface area contributed by atoms with E-state index in [1.54, 1.807) is 0 Å². The predicted octanol–water partition coefficient (Wildman–Crippen LogP) is 2.75. The number of unbranched alkanes of at least 4 members (excludes halogenated alkanes) is 4. The van der Waals surface area contributed by atoms with Crippen LogP contribution in [0.3, 0.4) is 0 Å². The maximum Gasteiger partial charge on any atom is 0.308 e. The lowest BCUT2D eigenvalue weighted by atomic mass is 10.0. The summed E-state index contributed by atoms with van der Waals surface area (Å²) in [5, 5.41) is 9.02. The fourth-order valence-electron chi connectivity index (χ4n) is 2.57. The Hall–Kier alpha value is -0.570. The standard InChI is InChI=1S/C13H25NO2/c1-3-4-5-6-7-9-14-10-8-12(11(14)2)13(15)16/h11-12H,3-10H2,1-2H3,(H,15,16). The molecule has 0 saturated carbocycles. The van der Waals surface area contributed by atoms with Crippen molar-refractivity contribution in [1.29, 1.82) is 0 Å². The summed E-state index contributed by atoms with van der Waals surface area (Å²) in [5.74, 6) is -0.767. The molecule has 0 spiro atoms. The molecule has 1 aliphatic rings. The summed E-state index contributed by atoms with van der Waals surface area (Å²) in [4.78, 5) is 13.3. The number of carboxylic acids is 1. The van der Waals surface area contributed by atoms with E-state index >= 15 is 0 Å². The van der Waals surface area contributed by atoms with Crippen LogP contribution in [0.15, 0.2) is 0 Å². The van der Waals surface area contributed by atoms with Crippen LogP contribution in [-0.4, -0.2) is 35.1 Å². The normalized spacial score (nSPS) is 26.1. The highest BCUT2D eigenvalue weighted by molar-refractivity contribution is 5.71. The summed E-state index contributed by atoms with van der Waals surface area (Å²) >= 11 is 0. The minimum Gasteiger partial charge on any atom is -0.481 e. The topological polar surface area (TPSA) is 40.5 Å². The van der Waals surface area contributed by atoms with Crippen molar-refractivity contribution in [3.05, 3.63) is 0 Å². The highest BCUT2D eigenvalue weighted by atomic mass is 16.4. The van der Waals surface area contributed by atoms with Crippen LogP contribution in [0.25, 0.3) is 0 Å². The van der Waals surface area contributed by atoms with Gasteiger partial charge in [0.1, 0.15) is 0 Å². The largest absolute Gasteiger partial charge is 0.481 e. The van der Waals surface area contributed by atoms with E-state index in [0.717, 1.165) is 19.5 Å². The van der Waals surface area contributed by atoms with Gasteiger partial charge in [0.2, 0.25) is 0 Å². The lowest BCUT2D eigenvalue weighted by Gasteiger charge is -2.22. The molecule has 0 aromatic rings. The molecule has 1 N–H and O–H groups in total. The molecule has 0 aromatic heterocycles. The van der Waals surface area contributed by atoms with Crippen molar-refractivity contribution in [2.24, 2.45) is 5.92 Å². The van der Waals surface area contributed by atoms with E-state index in [1.807, 2.05) is 0 Å². The summed E-state index contributed by atoms with van der Waals surface area (Å²) < 4.78 is 0. The van der Waals surface area contributed by atoms with Gasteiger partial charge < -0.3 is 5.11 Å². The van der Waals surface area contributed by atoms with Crippen LogP contribution in [0.1, 0.15) is 52.4 Å². The molecule has 0 aromatic carbocycles. The first-order chi connectivity index (χ1) is 7.66. The first kappa shape index (κ1) is 13.5. The zero-order valence-electron chi connectivity index (χ0n) is 10.6. The maximum atomic E-state index is 10.9. The van der Waals surface area contributed by atoms with Crippen LogP contribution < -0.4 is 0 Å². The van der Waals surface area contributed by atoms with Crippen molar-refractivity contribution < 1.29 is 9.90 Å². The molecule has 1 aliphatic heterocycles. The number of carbonyl (C=O) groups is 1. The van der Waals surface area contributed by atoms with Gasteiger partial charge in [0.15, 0.2) is 0 Å². The second kappa shape index (κ2) is 6.89. The van der Waals surface area contributed by atoms with Crippen LogP contribution >= 0.6 is 0 Å². The molecule has 2 unspecified atom stereocenters. The van der Waals surface area contributed by atoms with Crippen LogP contribution in [0.5, 0.6) is 0 Å². The third kappa shape index (κ3) is 3.78. The molecule has 3 heteroatoms. The molecule has 0 aliphatic carbocycles. The minimum atomic E-state index is -0.624. The van der Waals surface area contributed by atoms with Crippen LogP contribution in [0, 0.1) is 5.92 Å². The molecule has 0 bridgehead atoms. The van der Waals surface area contributed by atoms with Gasteiger partial charge in [-0.05, 0) is 32.9 Å². The second-order valence-corrected chi connectivity index (χ2v) is 4.92. The highest BCUT2D eigenvalue weighted by Gasteiger charge is 2.34. The Labute approximate surface area is 98.8 Å². The Morgan fingerprint density at radius 3 is 2.56 bits per heavy atom. The van der Waals surface area contributed by atoms with Gasteiger partial charge in [-0.1, -0.05) is 32.6 Å². The van der Waals surface area contributed by atoms with Crippen molar-refractivity contribution >= 4 is 5.97 Å². The van der Waals surface area contributed by atoms with Crippen molar-refractivity contribution in [3.63, 3.8) is 0 Å². The lowest BCUT2D eigenvalue weighted by Crippen LogP contribution is -2.33. The number of nitrogens with zero attached hydrogens (tertiary/aromatic N) is 1.